The van der Waals surface area contributed by atoms with E-state index in [9.17, 15) is 0 Å². The third-order valence-electron chi connectivity index (χ3n) is 4.19. The predicted octanol–water partition coefficient (Wildman–Crippen LogP) is 3.64. The van der Waals surface area contributed by atoms with Gasteiger partial charge in [-0.25, -0.2) is 0 Å². The van der Waals surface area contributed by atoms with Gasteiger partial charge in [-0.15, -0.1) is 0 Å². The van der Waals surface area contributed by atoms with E-state index in [0.717, 1.165) is 51.4 Å². The molecule has 2 rings (SSSR count). The molecule has 1 N–H and O–H groups in total. The van der Waals surface area contributed by atoms with Gasteiger partial charge < -0.3 is 14.8 Å². The van der Waals surface area contributed by atoms with Crippen LogP contribution in [0.15, 0.2) is 30.3 Å². The SMILES string of the molecule is CC(C)(C)NCC1(CCOc2ccccc2)CCOCC1. The van der Waals surface area contributed by atoms with Crippen LogP contribution >= 0.6 is 0 Å². The van der Waals surface area contributed by atoms with Crippen molar-refractivity contribution < 1.29 is 9.47 Å². The van der Waals surface area contributed by atoms with Crippen LogP contribution < -0.4 is 10.1 Å². The summed E-state index contributed by atoms with van der Waals surface area (Å²) in [7, 11) is 0. The molecule has 0 unspecified atom stereocenters. The number of benzene rings is 1. The summed E-state index contributed by atoms with van der Waals surface area (Å²) in [6.45, 7) is 10.2. The molecule has 1 saturated heterocycles. The summed E-state index contributed by atoms with van der Waals surface area (Å²) in [5, 5.41) is 3.67. The highest BCUT2D eigenvalue weighted by Gasteiger charge is 2.33. The van der Waals surface area contributed by atoms with Crippen molar-refractivity contribution in [2.24, 2.45) is 5.41 Å². The molecule has 0 amide bonds. The Hall–Kier alpha value is -1.06. The van der Waals surface area contributed by atoms with Gasteiger partial charge in [-0.3, -0.25) is 0 Å². The van der Waals surface area contributed by atoms with Gasteiger partial charge in [-0.05, 0) is 57.6 Å². The van der Waals surface area contributed by atoms with Crippen LogP contribution in [0.25, 0.3) is 0 Å². The van der Waals surface area contributed by atoms with Crippen molar-refractivity contribution in [3.63, 3.8) is 0 Å². The molecule has 1 aliphatic rings. The van der Waals surface area contributed by atoms with E-state index in [-0.39, 0.29) is 5.54 Å². The van der Waals surface area contributed by atoms with Crippen molar-refractivity contribution in [3.8, 4) is 5.75 Å². The number of hydrogen-bond donors (Lipinski definition) is 1. The zero-order chi connectivity index (χ0) is 15.2. The van der Waals surface area contributed by atoms with Crippen LogP contribution in [0.1, 0.15) is 40.0 Å². The van der Waals surface area contributed by atoms with Gasteiger partial charge in [0.05, 0.1) is 6.61 Å². The minimum atomic E-state index is 0.158. The van der Waals surface area contributed by atoms with E-state index in [1.54, 1.807) is 0 Å². The maximum atomic E-state index is 5.90. The molecule has 1 aromatic rings. The second-order valence-corrected chi connectivity index (χ2v) is 7.13. The third-order valence-corrected chi connectivity index (χ3v) is 4.19. The van der Waals surface area contributed by atoms with Gasteiger partial charge in [0.2, 0.25) is 0 Å². The minimum absolute atomic E-state index is 0.158. The summed E-state index contributed by atoms with van der Waals surface area (Å²) < 4.78 is 11.4. The summed E-state index contributed by atoms with van der Waals surface area (Å²) in [6, 6.07) is 10.1. The van der Waals surface area contributed by atoms with Gasteiger partial charge in [0.15, 0.2) is 0 Å². The standard InChI is InChI=1S/C18H29NO2/c1-17(2,3)19-15-18(9-12-20-13-10-18)11-14-21-16-7-5-4-6-8-16/h4-8,19H,9-15H2,1-3H3. The fraction of sp³-hybridized carbons (Fsp3) is 0.667. The van der Waals surface area contributed by atoms with Gasteiger partial charge in [0.25, 0.3) is 0 Å². The smallest absolute Gasteiger partial charge is 0.119 e. The van der Waals surface area contributed by atoms with Gasteiger partial charge in [-0.2, -0.15) is 0 Å². The second-order valence-electron chi connectivity index (χ2n) is 7.13. The Morgan fingerprint density at radius 3 is 2.43 bits per heavy atom. The quantitative estimate of drug-likeness (QED) is 0.868. The fourth-order valence-corrected chi connectivity index (χ4v) is 2.67. The first-order valence-electron chi connectivity index (χ1n) is 8.00. The molecule has 0 aromatic heterocycles. The first kappa shape index (κ1) is 16.3. The Bertz CT molecular complexity index is 405. The zero-order valence-corrected chi connectivity index (χ0v) is 13.7. The molecule has 1 fully saturated rings. The van der Waals surface area contributed by atoms with E-state index < -0.39 is 0 Å². The molecule has 1 heterocycles. The lowest BCUT2D eigenvalue weighted by molar-refractivity contribution is 0.00146. The van der Waals surface area contributed by atoms with E-state index in [0.29, 0.717) is 5.41 Å². The highest BCUT2D eigenvalue weighted by molar-refractivity contribution is 5.20. The van der Waals surface area contributed by atoms with Gasteiger partial charge >= 0.3 is 0 Å². The molecule has 0 saturated carbocycles. The summed E-state index contributed by atoms with van der Waals surface area (Å²) in [5.41, 5.74) is 0.464. The molecule has 0 atom stereocenters. The summed E-state index contributed by atoms with van der Waals surface area (Å²) >= 11 is 0. The van der Waals surface area contributed by atoms with E-state index in [1.165, 1.54) is 0 Å². The largest absolute Gasteiger partial charge is 0.494 e. The van der Waals surface area contributed by atoms with Crippen LogP contribution in [-0.4, -0.2) is 31.9 Å². The topological polar surface area (TPSA) is 30.5 Å². The van der Waals surface area contributed by atoms with E-state index >= 15 is 0 Å². The number of rotatable bonds is 6. The lowest BCUT2D eigenvalue weighted by Crippen LogP contribution is -2.46. The van der Waals surface area contributed by atoms with Crippen molar-refractivity contribution in [3.05, 3.63) is 30.3 Å². The lowest BCUT2D eigenvalue weighted by atomic mass is 9.77. The second kappa shape index (κ2) is 7.28. The Kier molecular flexibility index (Phi) is 5.65. The molecule has 118 valence electrons. The Labute approximate surface area is 129 Å². The van der Waals surface area contributed by atoms with Gasteiger partial charge in [-0.1, -0.05) is 18.2 Å². The molecule has 1 aromatic carbocycles. The van der Waals surface area contributed by atoms with Crippen LogP contribution in [0, 0.1) is 5.41 Å². The maximum absolute atomic E-state index is 5.90. The van der Waals surface area contributed by atoms with Crippen LogP contribution in [0.2, 0.25) is 0 Å². The molecule has 0 aliphatic carbocycles. The van der Waals surface area contributed by atoms with Crippen molar-refractivity contribution >= 4 is 0 Å². The normalized spacial score (nSPS) is 18.4. The zero-order valence-electron chi connectivity index (χ0n) is 13.7. The summed E-state index contributed by atoms with van der Waals surface area (Å²) in [6.07, 6.45) is 3.32. The van der Waals surface area contributed by atoms with Crippen LogP contribution in [-0.2, 0) is 4.74 Å². The predicted molar refractivity (Wildman–Crippen MR) is 86.8 cm³/mol. The van der Waals surface area contributed by atoms with Crippen molar-refractivity contribution in [1.82, 2.24) is 5.32 Å². The van der Waals surface area contributed by atoms with E-state index in [1.807, 2.05) is 30.3 Å². The molecule has 3 heteroatoms. The van der Waals surface area contributed by atoms with Gasteiger partial charge in [0, 0.05) is 25.3 Å². The van der Waals surface area contributed by atoms with Crippen LogP contribution in [0.4, 0.5) is 0 Å². The average Bonchev–Trinajstić information content (AvgIpc) is 2.47. The highest BCUT2D eigenvalue weighted by atomic mass is 16.5. The highest BCUT2D eigenvalue weighted by Crippen LogP contribution is 2.34. The number of nitrogens with one attached hydrogen (secondary N) is 1. The number of hydrogen-bond acceptors (Lipinski definition) is 3. The number of ether oxygens (including phenoxy) is 2. The van der Waals surface area contributed by atoms with Crippen molar-refractivity contribution in [1.29, 1.82) is 0 Å². The molecule has 0 spiro atoms. The van der Waals surface area contributed by atoms with Crippen LogP contribution in [0.3, 0.4) is 0 Å². The Balaban J connectivity index is 1.87. The monoisotopic (exact) mass is 291 g/mol. The van der Waals surface area contributed by atoms with E-state index in [2.05, 4.69) is 26.1 Å². The van der Waals surface area contributed by atoms with Crippen molar-refractivity contribution in [2.45, 2.75) is 45.6 Å². The number of para-hydroxylation sites is 1. The fourth-order valence-electron chi connectivity index (χ4n) is 2.67. The third kappa shape index (κ3) is 5.68. The molecule has 0 bridgehead atoms. The Morgan fingerprint density at radius 1 is 1.14 bits per heavy atom. The van der Waals surface area contributed by atoms with Crippen molar-refractivity contribution in [2.75, 3.05) is 26.4 Å². The first-order chi connectivity index (χ1) is 9.99. The Morgan fingerprint density at radius 2 is 1.81 bits per heavy atom. The summed E-state index contributed by atoms with van der Waals surface area (Å²) in [5.74, 6) is 0.962. The van der Waals surface area contributed by atoms with Crippen LogP contribution in [0.5, 0.6) is 5.75 Å². The molecule has 1 aliphatic heterocycles. The summed E-state index contributed by atoms with van der Waals surface area (Å²) in [4.78, 5) is 0. The molecular formula is C18H29NO2. The minimum Gasteiger partial charge on any atom is -0.494 e. The van der Waals surface area contributed by atoms with E-state index in [4.69, 9.17) is 9.47 Å². The molecule has 0 radical (unpaired) electrons. The molecule has 3 nitrogen and oxygen atoms in total. The molecule has 21 heavy (non-hydrogen) atoms. The lowest BCUT2D eigenvalue weighted by Gasteiger charge is -2.39. The van der Waals surface area contributed by atoms with Gasteiger partial charge in [0.1, 0.15) is 5.75 Å². The molecular weight excluding hydrogens is 262 g/mol. The maximum Gasteiger partial charge on any atom is 0.119 e. The first-order valence-corrected chi connectivity index (χ1v) is 8.00. The average molecular weight is 291 g/mol.